The lowest BCUT2D eigenvalue weighted by Gasteiger charge is -2.11. The Morgan fingerprint density at radius 2 is 2.14 bits per heavy atom. The summed E-state index contributed by atoms with van der Waals surface area (Å²) >= 11 is 3.30. The molecule has 0 spiro atoms. The predicted molar refractivity (Wildman–Crippen MR) is 85.2 cm³/mol. The highest BCUT2D eigenvalue weighted by Crippen LogP contribution is 2.20. The summed E-state index contributed by atoms with van der Waals surface area (Å²) in [6, 6.07) is 6.14. The second kappa shape index (κ2) is 6.67. The van der Waals surface area contributed by atoms with Gasteiger partial charge in [0.2, 0.25) is 0 Å². The molecule has 1 aromatic carbocycles. The first-order chi connectivity index (χ1) is 10.0. The standard InChI is InChI=1S/C15H15BrFN3O/c1-3-18-14-12(7-10(16)8-19-14)15(21)20-11-4-5-13(17)9(2)6-11/h4-8H,3H2,1-2H3,(H,18,19)(H,20,21). The van der Waals surface area contributed by atoms with E-state index in [1.54, 1.807) is 25.3 Å². The Hall–Kier alpha value is -1.95. The highest BCUT2D eigenvalue weighted by molar-refractivity contribution is 9.10. The normalized spacial score (nSPS) is 10.3. The molecule has 0 aliphatic heterocycles. The molecular weight excluding hydrogens is 337 g/mol. The van der Waals surface area contributed by atoms with Crippen LogP contribution in [0.5, 0.6) is 0 Å². The van der Waals surface area contributed by atoms with Crippen LogP contribution in [-0.2, 0) is 0 Å². The van der Waals surface area contributed by atoms with Crippen LogP contribution in [0.2, 0.25) is 0 Å². The van der Waals surface area contributed by atoms with Crippen molar-refractivity contribution in [3.63, 3.8) is 0 Å². The van der Waals surface area contributed by atoms with Gasteiger partial charge in [0.25, 0.3) is 5.91 Å². The topological polar surface area (TPSA) is 54.0 Å². The second-order valence-corrected chi connectivity index (χ2v) is 5.41. The highest BCUT2D eigenvalue weighted by Gasteiger charge is 2.14. The maximum absolute atomic E-state index is 13.2. The van der Waals surface area contributed by atoms with Crippen LogP contribution in [0.1, 0.15) is 22.8 Å². The van der Waals surface area contributed by atoms with Crippen molar-refractivity contribution in [3.05, 3.63) is 51.9 Å². The van der Waals surface area contributed by atoms with Gasteiger partial charge in [-0.15, -0.1) is 0 Å². The Kier molecular flexibility index (Phi) is 4.90. The van der Waals surface area contributed by atoms with Gasteiger partial charge in [0.05, 0.1) is 5.56 Å². The first-order valence-corrected chi connectivity index (χ1v) is 7.27. The third kappa shape index (κ3) is 3.78. The lowest BCUT2D eigenvalue weighted by molar-refractivity contribution is 0.102. The molecule has 2 aromatic rings. The number of hydrogen-bond acceptors (Lipinski definition) is 3. The molecule has 0 atom stereocenters. The molecule has 110 valence electrons. The van der Waals surface area contributed by atoms with Crippen molar-refractivity contribution in [2.75, 3.05) is 17.2 Å². The maximum atomic E-state index is 13.2. The number of aryl methyl sites for hydroxylation is 1. The summed E-state index contributed by atoms with van der Waals surface area (Å²) in [4.78, 5) is 16.5. The van der Waals surface area contributed by atoms with Crippen LogP contribution in [0.4, 0.5) is 15.9 Å². The summed E-state index contributed by atoms with van der Waals surface area (Å²) in [5.41, 5.74) is 1.45. The van der Waals surface area contributed by atoms with Gasteiger partial charge < -0.3 is 10.6 Å². The molecule has 2 N–H and O–H groups in total. The third-order valence-corrected chi connectivity index (χ3v) is 3.29. The molecule has 0 saturated heterocycles. The fourth-order valence-corrected chi connectivity index (χ4v) is 2.17. The Balaban J connectivity index is 2.27. The fraction of sp³-hybridized carbons (Fsp3) is 0.200. The largest absolute Gasteiger partial charge is 0.370 e. The minimum absolute atomic E-state index is 0.300. The van der Waals surface area contributed by atoms with Crippen molar-refractivity contribution in [2.24, 2.45) is 0 Å². The van der Waals surface area contributed by atoms with Gasteiger partial charge >= 0.3 is 0 Å². The zero-order valence-corrected chi connectivity index (χ0v) is 13.3. The molecule has 0 unspecified atom stereocenters. The van der Waals surface area contributed by atoms with Crippen LogP contribution < -0.4 is 10.6 Å². The highest BCUT2D eigenvalue weighted by atomic mass is 79.9. The molecule has 1 aromatic heterocycles. The molecule has 4 nitrogen and oxygen atoms in total. The van der Waals surface area contributed by atoms with E-state index in [0.29, 0.717) is 33.6 Å². The van der Waals surface area contributed by atoms with Gasteiger partial charge in [0.1, 0.15) is 11.6 Å². The lowest BCUT2D eigenvalue weighted by atomic mass is 10.2. The van der Waals surface area contributed by atoms with E-state index in [4.69, 9.17) is 0 Å². The minimum Gasteiger partial charge on any atom is -0.370 e. The molecule has 0 bridgehead atoms. The first kappa shape index (κ1) is 15.4. The van der Waals surface area contributed by atoms with Crippen molar-refractivity contribution in [1.82, 2.24) is 4.98 Å². The van der Waals surface area contributed by atoms with Gasteiger partial charge in [-0.1, -0.05) is 0 Å². The molecule has 0 saturated carbocycles. The number of nitrogens with one attached hydrogen (secondary N) is 2. The monoisotopic (exact) mass is 351 g/mol. The van der Waals surface area contributed by atoms with Crippen LogP contribution in [0.25, 0.3) is 0 Å². The van der Waals surface area contributed by atoms with Gasteiger partial charge in [-0.25, -0.2) is 9.37 Å². The first-order valence-electron chi connectivity index (χ1n) is 6.48. The summed E-state index contributed by atoms with van der Waals surface area (Å²) in [7, 11) is 0. The van der Waals surface area contributed by atoms with Crippen molar-refractivity contribution in [1.29, 1.82) is 0 Å². The Morgan fingerprint density at radius 3 is 2.81 bits per heavy atom. The molecule has 0 aliphatic rings. The van der Waals surface area contributed by atoms with Crippen molar-refractivity contribution in [2.45, 2.75) is 13.8 Å². The molecule has 21 heavy (non-hydrogen) atoms. The number of benzene rings is 1. The zero-order valence-electron chi connectivity index (χ0n) is 11.7. The molecule has 6 heteroatoms. The molecule has 2 rings (SSSR count). The number of anilines is 2. The van der Waals surface area contributed by atoms with Crippen molar-refractivity contribution < 1.29 is 9.18 Å². The van der Waals surface area contributed by atoms with Crippen LogP contribution >= 0.6 is 15.9 Å². The number of rotatable bonds is 4. The van der Waals surface area contributed by atoms with E-state index in [1.165, 1.54) is 12.1 Å². The van der Waals surface area contributed by atoms with Crippen LogP contribution in [0.3, 0.4) is 0 Å². The van der Waals surface area contributed by atoms with E-state index in [1.807, 2.05) is 6.92 Å². The average molecular weight is 352 g/mol. The SMILES string of the molecule is CCNc1ncc(Br)cc1C(=O)Nc1ccc(F)c(C)c1. The zero-order chi connectivity index (χ0) is 15.4. The summed E-state index contributed by atoms with van der Waals surface area (Å²) < 4.78 is 14.0. The van der Waals surface area contributed by atoms with Crippen molar-refractivity contribution >= 4 is 33.3 Å². The summed E-state index contributed by atoms with van der Waals surface area (Å²) in [6.07, 6.45) is 1.62. The summed E-state index contributed by atoms with van der Waals surface area (Å²) in [5, 5.41) is 5.78. The van der Waals surface area contributed by atoms with E-state index in [-0.39, 0.29) is 11.7 Å². The minimum atomic E-state index is -0.301. The van der Waals surface area contributed by atoms with Crippen LogP contribution in [0, 0.1) is 12.7 Å². The molecular formula is C15H15BrFN3O. The molecule has 1 amide bonds. The molecule has 0 radical (unpaired) electrons. The number of nitrogens with zero attached hydrogens (tertiary/aromatic N) is 1. The van der Waals surface area contributed by atoms with E-state index in [0.717, 1.165) is 0 Å². The maximum Gasteiger partial charge on any atom is 0.259 e. The van der Waals surface area contributed by atoms with E-state index >= 15 is 0 Å². The van der Waals surface area contributed by atoms with Gasteiger partial charge in [-0.3, -0.25) is 4.79 Å². The number of carbonyl (C=O) groups excluding carboxylic acids is 1. The quantitative estimate of drug-likeness (QED) is 0.875. The van der Waals surface area contributed by atoms with Gasteiger partial charge in [-0.2, -0.15) is 0 Å². The van der Waals surface area contributed by atoms with E-state index < -0.39 is 0 Å². The fourth-order valence-electron chi connectivity index (χ4n) is 1.84. The molecule has 0 fully saturated rings. The van der Waals surface area contributed by atoms with Gasteiger partial charge in [-0.05, 0) is 59.6 Å². The van der Waals surface area contributed by atoms with Crippen LogP contribution in [0.15, 0.2) is 34.9 Å². The molecule has 0 aliphatic carbocycles. The predicted octanol–water partition coefficient (Wildman–Crippen LogP) is 3.98. The Labute approximate surface area is 130 Å². The second-order valence-electron chi connectivity index (χ2n) is 4.50. The smallest absolute Gasteiger partial charge is 0.259 e. The lowest BCUT2D eigenvalue weighted by Crippen LogP contribution is -2.16. The molecule has 1 heterocycles. The number of carbonyl (C=O) groups is 1. The van der Waals surface area contributed by atoms with Crippen molar-refractivity contribution in [3.8, 4) is 0 Å². The van der Waals surface area contributed by atoms with E-state index in [2.05, 4.69) is 31.5 Å². The van der Waals surface area contributed by atoms with Gasteiger partial charge in [0.15, 0.2) is 0 Å². The number of amides is 1. The number of hydrogen-bond donors (Lipinski definition) is 2. The Morgan fingerprint density at radius 1 is 1.38 bits per heavy atom. The summed E-state index contributed by atoms with van der Waals surface area (Å²) in [6.45, 7) is 4.23. The summed E-state index contributed by atoms with van der Waals surface area (Å²) in [5.74, 6) is -0.0896. The number of halogens is 2. The third-order valence-electron chi connectivity index (χ3n) is 2.86. The van der Waals surface area contributed by atoms with Gasteiger partial charge in [0, 0.05) is 22.9 Å². The van der Waals surface area contributed by atoms with E-state index in [9.17, 15) is 9.18 Å². The Bertz CT molecular complexity index is 676. The average Bonchev–Trinajstić information content (AvgIpc) is 2.45. The van der Waals surface area contributed by atoms with Crippen LogP contribution in [-0.4, -0.2) is 17.4 Å². The number of pyridine rings is 1. The number of aromatic nitrogens is 1.